The normalized spacial score (nSPS) is 26.7. The van der Waals surface area contributed by atoms with Gasteiger partial charge in [0.2, 0.25) is 5.95 Å². The van der Waals surface area contributed by atoms with Crippen molar-refractivity contribution >= 4 is 25.3 Å². The Balaban J connectivity index is 1.28. The Kier molecular flexibility index (Phi) is 7.03. The molecule has 3 atom stereocenters. The summed E-state index contributed by atoms with van der Waals surface area (Å²) in [4.78, 5) is 34.0. The van der Waals surface area contributed by atoms with Gasteiger partial charge in [0.05, 0.1) is 6.10 Å². The molecule has 1 aromatic carbocycles. The van der Waals surface area contributed by atoms with Gasteiger partial charge in [-0.2, -0.15) is 4.98 Å². The predicted molar refractivity (Wildman–Crippen MR) is 135 cm³/mol. The van der Waals surface area contributed by atoms with E-state index in [4.69, 9.17) is 9.51 Å². The number of carbonyl (C=O) groups is 1. The van der Waals surface area contributed by atoms with Crippen LogP contribution < -0.4 is 15.5 Å². The van der Waals surface area contributed by atoms with Crippen molar-refractivity contribution in [3.8, 4) is 0 Å². The Labute approximate surface area is 210 Å². The Hall–Kier alpha value is -2.55. The predicted octanol–water partition coefficient (Wildman–Crippen LogP) is 3.87. The molecule has 36 heavy (non-hydrogen) atoms. The SMILES string of the molecule is Cc1ccc(CNc2nc(N3CC4CC4C3)ncc2C(=O)NC2CCC(OP(C)(=O)O)CC2)cc1F. The van der Waals surface area contributed by atoms with E-state index in [0.717, 1.165) is 30.5 Å². The first-order valence-corrected chi connectivity index (χ1v) is 14.6. The maximum atomic E-state index is 14.0. The van der Waals surface area contributed by atoms with E-state index in [2.05, 4.69) is 20.5 Å². The van der Waals surface area contributed by atoms with E-state index in [9.17, 15) is 18.6 Å². The number of anilines is 2. The first-order chi connectivity index (χ1) is 17.1. The highest BCUT2D eigenvalue weighted by atomic mass is 31.2. The Morgan fingerprint density at radius 1 is 1.25 bits per heavy atom. The van der Waals surface area contributed by atoms with Crippen LogP contribution in [0.25, 0.3) is 0 Å². The number of hydrogen-bond donors (Lipinski definition) is 3. The summed E-state index contributed by atoms with van der Waals surface area (Å²) in [5, 5.41) is 6.29. The summed E-state index contributed by atoms with van der Waals surface area (Å²) < 4.78 is 30.8. The summed E-state index contributed by atoms with van der Waals surface area (Å²) in [7, 11) is -3.53. The largest absolute Gasteiger partial charge is 0.365 e. The molecule has 1 aromatic heterocycles. The highest BCUT2D eigenvalue weighted by Gasteiger charge is 2.46. The number of nitrogens with one attached hydrogen (secondary N) is 2. The lowest BCUT2D eigenvalue weighted by Crippen LogP contribution is -2.39. The van der Waals surface area contributed by atoms with E-state index >= 15 is 0 Å². The lowest BCUT2D eigenvalue weighted by Gasteiger charge is -2.29. The van der Waals surface area contributed by atoms with E-state index in [1.807, 2.05) is 6.07 Å². The van der Waals surface area contributed by atoms with Gasteiger partial charge in [-0.15, -0.1) is 0 Å². The summed E-state index contributed by atoms with van der Waals surface area (Å²) in [5.41, 5.74) is 1.67. The lowest BCUT2D eigenvalue weighted by atomic mass is 9.93. The second-order valence-corrected chi connectivity index (χ2v) is 12.2. The molecule has 3 aliphatic rings. The van der Waals surface area contributed by atoms with Gasteiger partial charge in [-0.1, -0.05) is 12.1 Å². The van der Waals surface area contributed by atoms with E-state index in [0.29, 0.717) is 55.1 Å². The lowest BCUT2D eigenvalue weighted by molar-refractivity contribution is 0.0881. The molecule has 3 unspecified atom stereocenters. The molecule has 1 aliphatic heterocycles. The van der Waals surface area contributed by atoms with E-state index in [1.54, 1.807) is 19.2 Å². The van der Waals surface area contributed by atoms with Gasteiger partial charge in [0.15, 0.2) is 0 Å². The molecule has 0 spiro atoms. The van der Waals surface area contributed by atoms with Crippen molar-refractivity contribution in [2.24, 2.45) is 11.8 Å². The fourth-order valence-corrected chi connectivity index (χ4v) is 5.94. The Morgan fingerprint density at radius 3 is 2.64 bits per heavy atom. The number of aryl methyl sites for hydroxylation is 1. The molecule has 5 rings (SSSR count). The number of hydrogen-bond acceptors (Lipinski definition) is 7. The zero-order valence-electron chi connectivity index (χ0n) is 20.6. The van der Waals surface area contributed by atoms with Crippen LogP contribution in [0.3, 0.4) is 0 Å². The van der Waals surface area contributed by atoms with Gasteiger partial charge in [-0.3, -0.25) is 9.36 Å². The van der Waals surface area contributed by atoms with Crippen LogP contribution in [0, 0.1) is 24.6 Å². The maximum absolute atomic E-state index is 14.0. The van der Waals surface area contributed by atoms with Crippen molar-refractivity contribution in [3.63, 3.8) is 0 Å². The van der Waals surface area contributed by atoms with Crippen LogP contribution in [0.5, 0.6) is 0 Å². The van der Waals surface area contributed by atoms with Crippen LogP contribution in [0.2, 0.25) is 0 Å². The Morgan fingerprint density at radius 2 is 1.97 bits per heavy atom. The molecule has 0 radical (unpaired) electrons. The van der Waals surface area contributed by atoms with Gasteiger partial charge in [0.25, 0.3) is 5.91 Å². The van der Waals surface area contributed by atoms with Crippen molar-refractivity contribution < 1.29 is 23.2 Å². The third kappa shape index (κ3) is 6.05. The highest BCUT2D eigenvalue weighted by Crippen LogP contribution is 2.46. The van der Waals surface area contributed by atoms with Crippen molar-refractivity contribution in [1.82, 2.24) is 15.3 Å². The van der Waals surface area contributed by atoms with Crippen molar-refractivity contribution in [3.05, 3.63) is 46.9 Å². The van der Waals surface area contributed by atoms with Gasteiger partial charge < -0.3 is 25.0 Å². The number of nitrogens with zero attached hydrogens (tertiary/aromatic N) is 3. The third-order valence-corrected chi connectivity index (χ3v) is 8.02. The van der Waals surface area contributed by atoms with Crippen LogP contribution in [-0.2, 0) is 15.6 Å². The number of amides is 1. The number of benzene rings is 1. The van der Waals surface area contributed by atoms with E-state index in [1.165, 1.54) is 19.2 Å². The molecule has 11 heteroatoms. The molecular formula is C25H33FN5O4P. The molecule has 2 aliphatic carbocycles. The molecule has 1 saturated heterocycles. The summed E-state index contributed by atoms with van der Waals surface area (Å²) in [6.45, 7) is 5.09. The molecule has 0 bridgehead atoms. The molecule has 2 heterocycles. The van der Waals surface area contributed by atoms with Gasteiger partial charge in [-0.25, -0.2) is 9.37 Å². The first kappa shape index (κ1) is 25.1. The molecule has 2 saturated carbocycles. The minimum Gasteiger partial charge on any atom is -0.365 e. The standard InChI is InChI=1S/C25H33FN5O4P/c1-15-3-4-16(9-22(15)26)11-27-23-21(12-28-25(30-23)31-13-17-10-18(17)14-31)24(32)29-19-5-7-20(8-6-19)35-36(2,33)34/h3-4,9,12,17-20H,5-8,10-11,13-14H2,1-2H3,(H,29,32)(H,33,34)(H,27,28,30). The first-order valence-electron chi connectivity index (χ1n) is 12.5. The summed E-state index contributed by atoms with van der Waals surface area (Å²) in [6, 6.07) is 5.00. The van der Waals surface area contributed by atoms with E-state index in [-0.39, 0.29) is 23.9 Å². The minimum absolute atomic E-state index is 0.0725. The molecule has 2 aromatic rings. The van der Waals surface area contributed by atoms with Crippen LogP contribution in [-0.4, -0.2) is 52.7 Å². The smallest absolute Gasteiger partial charge is 0.325 e. The zero-order chi connectivity index (χ0) is 25.4. The molecule has 9 nitrogen and oxygen atoms in total. The molecule has 1 amide bonds. The van der Waals surface area contributed by atoms with Gasteiger partial charge >= 0.3 is 7.60 Å². The van der Waals surface area contributed by atoms with Crippen molar-refractivity contribution in [2.75, 3.05) is 30.0 Å². The van der Waals surface area contributed by atoms with Crippen LogP contribution in [0.15, 0.2) is 24.4 Å². The molecule has 194 valence electrons. The second-order valence-electron chi connectivity index (χ2n) is 10.4. The van der Waals surface area contributed by atoms with Crippen molar-refractivity contribution in [2.45, 2.75) is 57.7 Å². The molecular weight excluding hydrogens is 484 g/mol. The quantitative estimate of drug-likeness (QED) is 0.452. The number of rotatable bonds is 8. The van der Waals surface area contributed by atoms with Gasteiger partial charge in [-0.05, 0) is 68.1 Å². The summed E-state index contributed by atoms with van der Waals surface area (Å²) in [5.74, 6) is 1.90. The third-order valence-electron chi connectivity index (χ3n) is 7.33. The number of piperidine rings is 1. The van der Waals surface area contributed by atoms with E-state index < -0.39 is 7.60 Å². The van der Waals surface area contributed by atoms with Gasteiger partial charge in [0, 0.05) is 38.5 Å². The zero-order valence-corrected chi connectivity index (χ0v) is 21.5. The van der Waals surface area contributed by atoms with Crippen LogP contribution >= 0.6 is 7.60 Å². The number of carbonyl (C=O) groups excluding carboxylic acids is 1. The minimum atomic E-state index is -3.53. The topological polar surface area (TPSA) is 117 Å². The van der Waals surface area contributed by atoms with Crippen molar-refractivity contribution in [1.29, 1.82) is 0 Å². The monoisotopic (exact) mass is 517 g/mol. The Bertz CT molecular complexity index is 1170. The average Bonchev–Trinajstić information content (AvgIpc) is 3.44. The maximum Gasteiger partial charge on any atom is 0.325 e. The average molecular weight is 518 g/mol. The molecule has 3 fully saturated rings. The summed E-state index contributed by atoms with van der Waals surface area (Å²) in [6.07, 6.45) is 5.05. The number of fused-ring (bicyclic) bond motifs is 1. The second kappa shape index (κ2) is 10.1. The fraction of sp³-hybridized carbons (Fsp3) is 0.560. The van der Waals surface area contributed by atoms with Gasteiger partial charge in [0.1, 0.15) is 17.2 Å². The highest BCUT2D eigenvalue weighted by molar-refractivity contribution is 7.51. The molecule has 3 N–H and O–H groups in total. The van der Waals surface area contributed by atoms with Crippen LogP contribution in [0.4, 0.5) is 16.2 Å². The fourth-order valence-electron chi connectivity index (χ4n) is 5.17. The number of halogens is 1. The summed E-state index contributed by atoms with van der Waals surface area (Å²) >= 11 is 0. The number of aromatic nitrogens is 2. The van der Waals surface area contributed by atoms with Crippen LogP contribution in [0.1, 0.15) is 53.6 Å².